The van der Waals surface area contributed by atoms with Crippen LogP contribution >= 0.6 is 7.82 Å². The number of nitriles is 1. The average molecular weight is 830 g/mol. The van der Waals surface area contributed by atoms with Crippen molar-refractivity contribution in [1.29, 1.82) is 5.26 Å². The second-order valence-corrected chi connectivity index (χ2v) is 17.2. The minimum absolute atomic E-state index is 0.0834. The smallest absolute Gasteiger partial charge is 0.472 e. The molecule has 7 atom stereocenters. The lowest BCUT2D eigenvalue weighted by molar-refractivity contribution is -0.0837. The van der Waals surface area contributed by atoms with E-state index in [9.17, 15) is 24.9 Å². The van der Waals surface area contributed by atoms with Crippen molar-refractivity contribution in [2.75, 3.05) is 32.7 Å². The molecule has 2 unspecified atom stereocenters. The Hall–Kier alpha value is -3.16. The number of aliphatic hydroxyl groups excluding tert-OH is 1. The third-order valence-corrected chi connectivity index (χ3v) is 12.5. The van der Waals surface area contributed by atoms with Crippen molar-refractivity contribution in [2.45, 2.75) is 159 Å². The van der Waals surface area contributed by atoms with Crippen molar-refractivity contribution >= 4 is 19.2 Å². The molecular weight excluding hydrogens is 765 g/mol. The Morgan fingerprint density at radius 1 is 0.983 bits per heavy atom. The lowest BCUT2D eigenvalue weighted by atomic mass is 10.0. The van der Waals surface area contributed by atoms with Gasteiger partial charge in [-0.15, -0.1) is 0 Å². The first-order valence-corrected chi connectivity index (χ1v) is 22.6. The molecule has 0 spiro atoms. The van der Waals surface area contributed by atoms with Gasteiger partial charge in [-0.2, -0.15) is 10.4 Å². The molecule has 5 N–H and O–H groups in total. The van der Waals surface area contributed by atoms with Gasteiger partial charge in [0.2, 0.25) is 0 Å². The molecule has 1 saturated carbocycles. The zero-order valence-corrected chi connectivity index (χ0v) is 35.3. The minimum atomic E-state index is -4.81. The number of ether oxygens (including phenoxy) is 4. The topological polar surface area (TPSA) is 213 Å². The van der Waals surface area contributed by atoms with Crippen LogP contribution in [-0.4, -0.2) is 86.1 Å². The number of rotatable bonds is 29. The number of hydrogen-bond acceptors (Lipinski definition) is 13. The van der Waals surface area contributed by atoms with Gasteiger partial charge in [-0.25, -0.2) is 14.1 Å². The number of nitrogens with two attached hydrogens (primary N) is 1. The van der Waals surface area contributed by atoms with E-state index in [0.717, 1.165) is 19.3 Å². The third kappa shape index (κ3) is 11.6. The summed E-state index contributed by atoms with van der Waals surface area (Å²) >= 11 is 0. The Kier molecular flexibility index (Phi) is 17.3. The molecule has 15 nitrogen and oxygen atoms in total. The minimum Gasteiger partial charge on any atom is -0.495 e. The Labute approximate surface area is 342 Å². The van der Waals surface area contributed by atoms with Gasteiger partial charge in [0, 0.05) is 6.61 Å². The number of phosphoric ester groups is 1. The number of fused-ring (bicyclic) bond motifs is 2. The van der Waals surface area contributed by atoms with E-state index < -0.39 is 43.4 Å². The monoisotopic (exact) mass is 829 g/mol. The SMILES string of the molecule is CCCCCCCCCCCCCCCCCCOC[C@H](COP(=O)(O)OC1[C@@]2(C)O[C@@H](c3ccc4c(N)ncnn34)[C@H](O)[C@@]12O)OCc1ccc(C#N)c(OC)c1. The van der Waals surface area contributed by atoms with Gasteiger partial charge in [0.25, 0.3) is 0 Å². The van der Waals surface area contributed by atoms with Gasteiger partial charge in [0.1, 0.15) is 53.7 Å². The van der Waals surface area contributed by atoms with E-state index in [-0.39, 0.29) is 25.6 Å². The van der Waals surface area contributed by atoms with Crippen LogP contribution in [0.4, 0.5) is 5.82 Å². The molecule has 322 valence electrons. The van der Waals surface area contributed by atoms with Crippen molar-refractivity contribution in [3.05, 3.63) is 53.5 Å². The molecule has 2 fully saturated rings. The standard InChI is InChI=1S/C42H64N5O10P/c1-4-5-6-7-8-9-10-11-12-13-14-15-16-17-18-19-24-53-28-33(54-27-31-20-21-32(26-43)36(25-31)52-3)29-55-58(50,51)57-40-41(2)42(40,49)38(48)37(56-41)34-22-23-35-39(44)45-30-46-47(34)35/h20-23,25,30,33,37-38,40,48-49H,4-19,24,27-29H2,1-3H3,(H,50,51)(H2,44,45,46)/t33-,37+,38+,40?,41-,42-/m1/s1. The highest BCUT2D eigenvalue weighted by Crippen LogP contribution is 2.68. The van der Waals surface area contributed by atoms with Crippen LogP contribution in [0.5, 0.6) is 5.75 Å². The summed E-state index contributed by atoms with van der Waals surface area (Å²) < 4.78 is 49.0. The predicted molar refractivity (Wildman–Crippen MR) is 218 cm³/mol. The lowest BCUT2D eigenvalue weighted by Crippen LogP contribution is -2.35. The van der Waals surface area contributed by atoms with E-state index >= 15 is 0 Å². The maximum atomic E-state index is 13.3. The maximum Gasteiger partial charge on any atom is 0.472 e. The van der Waals surface area contributed by atoms with Gasteiger partial charge < -0.3 is 39.8 Å². The summed E-state index contributed by atoms with van der Waals surface area (Å²) in [5.41, 5.74) is 4.42. The fourth-order valence-electron chi connectivity index (χ4n) is 7.90. The van der Waals surface area contributed by atoms with Crippen LogP contribution < -0.4 is 10.5 Å². The molecule has 16 heteroatoms. The fraction of sp³-hybridized carbons (Fsp3) is 0.690. The van der Waals surface area contributed by atoms with Crippen LogP contribution in [0.15, 0.2) is 36.7 Å². The zero-order chi connectivity index (χ0) is 41.6. The van der Waals surface area contributed by atoms with Crippen LogP contribution in [0.2, 0.25) is 0 Å². The molecule has 3 heterocycles. The number of aromatic nitrogens is 3. The summed E-state index contributed by atoms with van der Waals surface area (Å²) in [5, 5.41) is 36.2. The molecule has 2 aromatic heterocycles. The van der Waals surface area contributed by atoms with E-state index in [0.29, 0.717) is 34.7 Å². The van der Waals surface area contributed by atoms with Gasteiger partial charge in [-0.05, 0) is 43.2 Å². The molecule has 1 aromatic carbocycles. The summed E-state index contributed by atoms with van der Waals surface area (Å²) in [6.45, 7) is 4.04. The van der Waals surface area contributed by atoms with Gasteiger partial charge in [-0.3, -0.25) is 9.05 Å². The molecule has 1 saturated heterocycles. The number of phosphoric acid groups is 1. The van der Waals surface area contributed by atoms with Crippen molar-refractivity contribution in [3.63, 3.8) is 0 Å². The first-order chi connectivity index (χ1) is 28.0. The van der Waals surface area contributed by atoms with Crippen molar-refractivity contribution < 1.29 is 47.7 Å². The largest absolute Gasteiger partial charge is 0.495 e. The summed E-state index contributed by atoms with van der Waals surface area (Å²) in [5.74, 6) is 0.632. The molecular formula is C42H64N5O10P. The molecule has 5 rings (SSSR count). The summed E-state index contributed by atoms with van der Waals surface area (Å²) in [7, 11) is -3.34. The van der Waals surface area contributed by atoms with Crippen LogP contribution in [-0.2, 0) is 34.4 Å². The van der Waals surface area contributed by atoms with Crippen LogP contribution in [0.3, 0.4) is 0 Å². The summed E-state index contributed by atoms with van der Waals surface area (Å²) in [6.07, 6.45) is 17.0. The van der Waals surface area contributed by atoms with E-state index in [2.05, 4.69) is 23.1 Å². The summed E-state index contributed by atoms with van der Waals surface area (Å²) in [6, 6.07) is 10.5. The Balaban J connectivity index is 1.04. The molecule has 58 heavy (non-hydrogen) atoms. The number of nitrogen functional groups attached to an aromatic ring is 1. The predicted octanol–water partition coefficient (Wildman–Crippen LogP) is 7.49. The number of hydrogen-bond donors (Lipinski definition) is 4. The fourth-order valence-corrected chi connectivity index (χ4v) is 8.94. The van der Waals surface area contributed by atoms with Crippen LogP contribution in [0.1, 0.15) is 140 Å². The van der Waals surface area contributed by atoms with Crippen LogP contribution in [0.25, 0.3) is 5.52 Å². The Morgan fingerprint density at radius 2 is 1.62 bits per heavy atom. The van der Waals surface area contributed by atoms with Crippen molar-refractivity contribution in [1.82, 2.24) is 14.6 Å². The molecule has 0 bridgehead atoms. The second-order valence-electron chi connectivity index (χ2n) is 15.8. The van der Waals surface area contributed by atoms with Gasteiger partial charge in [-0.1, -0.05) is 109 Å². The maximum absolute atomic E-state index is 13.3. The number of benzene rings is 1. The Bertz CT molecular complexity index is 1820. The van der Waals surface area contributed by atoms with Crippen molar-refractivity contribution in [2.24, 2.45) is 0 Å². The molecule has 2 aliphatic rings. The van der Waals surface area contributed by atoms with Gasteiger partial charge in [0.05, 0.1) is 38.2 Å². The zero-order valence-electron chi connectivity index (χ0n) is 34.4. The van der Waals surface area contributed by atoms with E-state index in [4.69, 9.17) is 33.7 Å². The number of methoxy groups -OCH3 is 1. The Morgan fingerprint density at radius 3 is 2.21 bits per heavy atom. The molecule has 3 aromatic rings. The quantitative estimate of drug-likeness (QED) is 0.0394. The number of aliphatic hydroxyl groups is 2. The number of unbranched alkanes of at least 4 members (excludes halogenated alkanes) is 15. The van der Waals surface area contributed by atoms with E-state index in [1.807, 2.05) is 0 Å². The normalized spacial score (nSPS) is 24.1. The highest BCUT2D eigenvalue weighted by Gasteiger charge is 2.87. The first-order valence-electron chi connectivity index (χ1n) is 21.1. The highest BCUT2D eigenvalue weighted by molar-refractivity contribution is 7.47. The number of anilines is 1. The highest BCUT2D eigenvalue weighted by atomic mass is 31.2. The third-order valence-electron chi connectivity index (χ3n) is 11.5. The second kappa shape index (κ2) is 21.9. The van der Waals surface area contributed by atoms with Crippen molar-refractivity contribution in [3.8, 4) is 11.8 Å². The molecule has 0 amide bonds. The summed E-state index contributed by atoms with van der Waals surface area (Å²) in [4.78, 5) is 14.8. The first kappa shape index (κ1) is 45.9. The number of nitrogens with zero attached hydrogens (tertiary/aromatic N) is 4. The average Bonchev–Trinajstić information content (AvgIpc) is 3.47. The van der Waals surface area contributed by atoms with E-state index in [1.54, 1.807) is 30.3 Å². The molecule has 1 aliphatic carbocycles. The molecule has 0 radical (unpaired) electrons. The lowest BCUT2D eigenvalue weighted by Gasteiger charge is -2.24. The van der Waals surface area contributed by atoms with E-state index in [1.165, 1.54) is 108 Å². The van der Waals surface area contributed by atoms with Crippen LogP contribution in [0, 0.1) is 11.3 Å². The van der Waals surface area contributed by atoms with Gasteiger partial charge >= 0.3 is 7.82 Å². The van der Waals surface area contributed by atoms with Gasteiger partial charge in [0.15, 0.2) is 11.4 Å². The molecule has 1 aliphatic heterocycles.